The van der Waals surface area contributed by atoms with Crippen LogP contribution in [0.25, 0.3) is 0 Å². The van der Waals surface area contributed by atoms with Gasteiger partial charge in [0.15, 0.2) is 0 Å². The van der Waals surface area contributed by atoms with Crippen molar-refractivity contribution < 1.29 is 8.78 Å². The molecule has 1 rings (SSSR count). The van der Waals surface area contributed by atoms with E-state index < -0.39 is 11.6 Å². The molecule has 0 bridgehead atoms. The maximum atomic E-state index is 11.9. The monoisotopic (exact) mass is 138 g/mol. The molecule has 1 aromatic rings. The second-order valence-electron chi connectivity index (χ2n) is 1.44. The third-order valence-corrected chi connectivity index (χ3v) is 0.787. The van der Waals surface area contributed by atoms with Crippen molar-refractivity contribution in [3.63, 3.8) is 0 Å². The van der Waals surface area contributed by atoms with E-state index in [1.165, 1.54) is 18.2 Å². The third kappa shape index (κ3) is 2.94. The van der Waals surface area contributed by atoms with Crippen LogP contribution in [0.2, 0.25) is 0 Å². The standard InChI is InChI=1S/C6H4F2.Na.H/c7-5-2-1-3-6(8)4-5;;/h1-4H;;. The SMILES string of the molecule is Fc1cccc(F)c1.[NaH]. The summed E-state index contributed by atoms with van der Waals surface area (Å²) in [6.45, 7) is 0. The summed E-state index contributed by atoms with van der Waals surface area (Å²) in [6.07, 6.45) is 0. The van der Waals surface area contributed by atoms with Gasteiger partial charge < -0.3 is 0 Å². The Morgan fingerprint density at radius 1 is 1.00 bits per heavy atom. The Hall–Kier alpha value is 0.0800. The molecule has 0 N–H and O–H groups in total. The fourth-order valence-electron chi connectivity index (χ4n) is 0.460. The molecule has 0 atom stereocenters. The molecule has 3 heteroatoms. The van der Waals surface area contributed by atoms with E-state index in [-0.39, 0.29) is 29.6 Å². The molecule has 0 nitrogen and oxygen atoms in total. The predicted molar refractivity (Wildman–Crippen MR) is 33.5 cm³/mol. The van der Waals surface area contributed by atoms with Crippen molar-refractivity contribution >= 4 is 29.6 Å². The van der Waals surface area contributed by atoms with E-state index in [2.05, 4.69) is 0 Å². The minimum absolute atomic E-state index is 0. The van der Waals surface area contributed by atoms with Gasteiger partial charge >= 0.3 is 29.6 Å². The van der Waals surface area contributed by atoms with Crippen LogP contribution in [-0.2, 0) is 0 Å². The van der Waals surface area contributed by atoms with Crippen LogP contribution in [0.5, 0.6) is 0 Å². The zero-order valence-corrected chi connectivity index (χ0v) is 4.07. The van der Waals surface area contributed by atoms with Crippen molar-refractivity contribution in [2.24, 2.45) is 0 Å². The second-order valence-corrected chi connectivity index (χ2v) is 1.44. The van der Waals surface area contributed by atoms with Gasteiger partial charge in [0.2, 0.25) is 0 Å². The minimum atomic E-state index is -0.537. The fourth-order valence-corrected chi connectivity index (χ4v) is 0.460. The summed E-state index contributed by atoms with van der Waals surface area (Å²) in [6, 6.07) is 4.55. The summed E-state index contributed by atoms with van der Waals surface area (Å²) >= 11 is 0. The van der Waals surface area contributed by atoms with Gasteiger partial charge in [-0.1, -0.05) is 6.07 Å². The van der Waals surface area contributed by atoms with Crippen LogP contribution in [0.15, 0.2) is 24.3 Å². The summed E-state index contributed by atoms with van der Waals surface area (Å²) in [4.78, 5) is 0. The Morgan fingerprint density at radius 2 is 1.44 bits per heavy atom. The molecule has 0 aromatic heterocycles. The zero-order chi connectivity index (χ0) is 5.98. The molecule has 0 aliphatic carbocycles. The van der Waals surface area contributed by atoms with Crippen LogP contribution in [0.3, 0.4) is 0 Å². The van der Waals surface area contributed by atoms with Gasteiger partial charge in [0, 0.05) is 6.07 Å². The number of hydrogen-bond donors (Lipinski definition) is 0. The summed E-state index contributed by atoms with van der Waals surface area (Å²) < 4.78 is 23.9. The van der Waals surface area contributed by atoms with E-state index in [4.69, 9.17) is 0 Å². The molecular weight excluding hydrogens is 133 g/mol. The van der Waals surface area contributed by atoms with Crippen LogP contribution in [-0.4, -0.2) is 29.6 Å². The molecule has 0 saturated heterocycles. The molecule has 0 aliphatic heterocycles. The van der Waals surface area contributed by atoms with Gasteiger partial charge in [-0.2, -0.15) is 0 Å². The second kappa shape index (κ2) is 3.99. The number of hydrogen-bond acceptors (Lipinski definition) is 0. The van der Waals surface area contributed by atoms with Crippen LogP contribution >= 0.6 is 0 Å². The summed E-state index contributed by atoms with van der Waals surface area (Å²) in [5, 5.41) is 0. The molecule has 0 saturated carbocycles. The van der Waals surface area contributed by atoms with Crippen molar-refractivity contribution in [1.82, 2.24) is 0 Å². The van der Waals surface area contributed by atoms with Crippen LogP contribution in [0.1, 0.15) is 0 Å². The first kappa shape index (κ1) is 9.08. The molecule has 0 spiro atoms. The van der Waals surface area contributed by atoms with E-state index in [9.17, 15) is 8.78 Å². The maximum absolute atomic E-state index is 11.9. The molecule has 0 fully saturated rings. The fraction of sp³-hybridized carbons (Fsp3) is 0. The number of rotatable bonds is 0. The van der Waals surface area contributed by atoms with E-state index in [0.29, 0.717) is 0 Å². The zero-order valence-electron chi connectivity index (χ0n) is 4.07. The van der Waals surface area contributed by atoms with Gasteiger partial charge in [-0.25, -0.2) is 8.78 Å². The average Bonchev–Trinajstić information content (AvgIpc) is 1.64. The molecule has 1 aromatic carbocycles. The number of halogens is 2. The van der Waals surface area contributed by atoms with E-state index in [1.54, 1.807) is 0 Å². The molecule has 0 unspecified atom stereocenters. The van der Waals surface area contributed by atoms with Gasteiger partial charge in [0.25, 0.3) is 0 Å². The van der Waals surface area contributed by atoms with Gasteiger partial charge in [-0.3, -0.25) is 0 Å². The van der Waals surface area contributed by atoms with E-state index in [0.717, 1.165) is 6.07 Å². The number of benzene rings is 1. The van der Waals surface area contributed by atoms with E-state index >= 15 is 0 Å². The molecule has 0 heterocycles. The Kier molecular flexibility index (Phi) is 4.02. The van der Waals surface area contributed by atoms with Crippen molar-refractivity contribution in [3.8, 4) is 0 Å². The molecule has 0 aliphatic rings. The first-order chi connectivity index (χ1) is 3.79. The average molecular weight is 138 g/mol. The molecule has 44 valence electrons. The third-order valence-electron chi connectivity index (χ3n) is 0.787. The predicted octanol–water partition coefficient (Wildman–Crippen LogP) is 1.32. The van der Waals surface area contributed by atoms with Gasteiger partial charge in [-0.05, 0) is 12.1 Å². The molecule has 0 radical (unpaired) electrons. The summed E-state index contributed by atoms with van der Waals surface area (Å²) in [7, 11) is 0. The van der Waals surface area contributed by atoms with Gasteiger partial charge in [-0.15, -0.1) is 0 Å². The van der Waals surface area contributed by atoms with Crippen LogP contribution in [0.4, 0.5) is 8.78 Å². The first-order valence-corrected chi connectivity index (χ1v) is 2.20. The molecule has 9 heavy (non-hydrogen) atoms. The van der Waals surface area contributed by atoms with Crippen LogP contribution < -0.4 is 0 Å². The Balaban J connectivity index is 0.000000640. The normalized spacial score (nSPS) is 8.22. The van der Waals surface area contributed by atoms with Crippen molar-refractivity contribution in [1.29, 1.82) is 0 Å². The van der Waals surface area contributed by atoms with Gasteiger partial charge in [0.05, 0.1) is 0 Å². The molecule has 0 amide bonds. The van der Waals surface area contributed by atoms with Crippen molar-refractivity contribution in [2.45, 2.75) is 0 Å². The van der Waals surface area contributed by atoms with Crippen molar-refractivity contribution in [3.05, 3.63) is 35.9 Å². The first-order valence-electron chi connectivity index (χ1n) is 2.20. The quantitative estimate of drug-likeness (QED) is 0.474. The van der Waals surface area contributed by atoms with E-state index in [1.807, 2.05) is 0 Å². The Labute approximate surface area is 74.2 Å². The van der Waals surface area contributed by atoms with Crippen LogP contribution in [0, 0.1) is 11.6 Å². The summed E-state index contributed by atoms with van der Waals surface area (Å²) in [5.74, 6) is -1.07. The Morgan fingerprint density at radius 3 is 1.67 bits per heavy atom. The van der Waals surface area contributed by atoms with Crippen molar-refractivity contribution in [2.75, 3.05) is 0 Å². The summed E-state index contributed by atoms with van der Waals surface area (Å²) in [5.41, 5.74) is 0. The topological polar surface area (TPSA) is 0 Å². The Bertz CT molecular complexity index is 171. The molecular formula is C6H5F2Na. The van der Waals surface area contributed by atoms with Gasteiger partial charge in [0.1, 0.15) is 11.6 Å².